The molecule has 0 saturated heterocycles. The van der Waals surface area contributed by atoms with Gasteiger partial charge in [-0.1, -0.05) is 31.9 Å². The molecule has 1 rings (SSSR count). The Morgan fingerprint density at radius 3 is 2.59 bits per heavy atom. The van der Waals surface area contributed by atoms with Crippen LogP contribution in [0.2, 0.25) is 0 Å². The highest BCUT2D eigenvalue weighted by molar-refractivity contribution is 9.10. The predicted octanol–water partition coefficient (Wildman–Crippen LogP) is 4.05. The van der Waals surface area contributed by atoms with Gasteiger partial charge in [0.15, 0.2) is 0 Å². The molecule has 94 valence electrons. The van der Waals surface area contributed by atoms with Gasteiger partial charge in [0, 0.05) is 20.9 Å². The third kappa shape index (κ3) is 4.43. The average Bonchev–Trinajstić information content (AvgIpc) is 2.21. The van der Waals surface area contributed by atoms with Crippen LogP contribution in [0.4, 0.5) is 0 Å². The molecule has 4 heteroatoms. The Morgan fingerprint density at radius 1 is 1.41 bits per heavy atom. The molecule has 17 heavy (non-hydrogen) atoms. The Kier molecular flexibility index (Phi) is 5.20. The van der Waals surface area contributed by atoms with Crippen molar-refractivity contribution in [3.05, 3.63) is 33.8 Å². The van der Waals surface area contributed by atoms with Gasteiger partial charge in [-0.05, 0) is 51.0 Å². The number of hydrogen-bond acceptors (Lipinski definition) is 1. The second kappa shape index (κ2) is 6.01. The fraction of sp³-hybridized carbons (Fsp3) is 0.462. The Bertz CT molecular complexity index is 416. The number of aryl methyl sites for hydroxylation is 1. The maximum atomic E-state index is 12.1. The summed E-state index contributed by atoms with van der Waals surface area (Å²) in [5.41, 5.74) is 1.57. The number of nitrogens with one attached hydrogen (secondary N) is 1. The van der Waals surface area contributed by atoms with Gasteiger partial charge in [0.05, 0.1) is 0 Å². The first-order valence-electron chi connectivity index (χ1n) is 5.50. The second-order valence-corrected chi connectivity index (χ2v) is 6.39. The lowest BCUT2D eigenvalue weighted by Gasteiger charge is -2.25. The van der Waals surface area contributed by atoms with Gasteiger partial charge >= 0.3 is 0 Å². The van der Waals surface area contributed by atoms with Crippen LogP contribution in [-0.4, -0.2) is 16.8 Å². The van der Waals surface area contributed by atoms with E-state index in [9.17, 15) is 4.79 Å². The summed E-state index contributed by atoms with van der Waals surface area (Å²) in [4.78, 5) is 12.1. The normalized spacial score (nSPS) is 11.4. The number of alkyl halides is 1. The van der Waals surface area contributed by atoms with Gasteiger partial charge in [-0.15, -0.1) is 0 Å². The first-order chi connectivity index (χ1) is 7.85. The molecule has 0 aliphatic rings. The summed E-state index contributed by atoms with van der Waals surface area (Å²) in [6.07, 6.45) is 0.897. The molecule has 0 aromatic heterocycles. The molecule has 0 atom stereocenters. The van der Waals surface area contributed by atoms with Crippen molar-refractivity contribution in [3.8, 4) is 0 Å². The van der Waals surface area contributed by atoms with E-state index in [1.165, 1.54) is 0 Å². The number of carbonyl (C=O) groups is 1. The minimum atomic E-state index is -0.193. The first kappa shape index (κ1) is 14.7. The quantitative estimate of drug-likeness (QED) is 0.804. The van der Waals surface area contributed by atoms with Gasteiger partial charge in [-0.2, -0.15) is 0 Å². The zero-order valence-electron chi connectivity index (χ0n) is 10.3. The number of benzene rings is 1. The van der Waals surface area contributed by atoms with E-state index >= 15 is 0 Å². The van der Waals surface area contributed by atoms with E-state index in [4.69, 9.17) is 0 Å². The lowest BCUT2D eigenvalue weighted by molar-refractivity contribution is 0.0912. The maximum Gasteiger partial charge on any atom is 0.251 e. The van der Waals surface area contributed by atoms with Gasteiger partial charge in [0.2, 0.25) is 0 Å². The van der Waals surface area contributed by atoms with Gasteiger partial charge in [-0.25, -0.2) is 0 Å². The minimum Gasteiger partial charge on any atom is -0.347 e. The molecule has 0 aliphatic heterocycles. The molecule has 0 spiro atoms. The monoisotopic (exact) mass is 361 g/mol. The summed E-state index contributed by atoms with van der Waals surface area (Å²) in [5.74, 6) is -0.0217. The summed E-state index contributed by atoms with van der Waals surface area (Å²) >= 11 is 6.82. The van der Waals surface area contributed by atoms with Crippen LogP contribution in [0.5, 0.6) is 0 Å². The molecule has 0 radical (unpaired) electrons. The topological polar surface area (TPSA) is 29.1 Å². The Balaban J connectivity index is 2.80. The summed E-state index contributed by atoms with van der Waals surface area (Å²) < 4.78 is 1.02. The molecule has 0 heterocycles. The van der Waals surface area contributed by atoms with Crippen LogP contribution in [0.15, 0.2) is 22.7 Å². The fourth-order valence-electron chi connectivity index (χ4n) is 1.46. The maximum absolute atomic E-state index is 12.1. The van der Waals surface area contributed by atoms with Crippen molar-refractivity contribution >= 4 is 37.8 Å². The van der Waals surface area contributed by atoms with Crippen LogP contribution in [0, 0.1) is 6.92 Å². The molecule has 2 nitrogen and oxygen atoms in total. The highest BCUT2D eigenvalue weighted by Gasteiger charge is 2.20. The molecule has 0 aliphatic carbocycles. The molecule has 0 bridgehead atoms. The van der Waals surface area contributed by atoms with Gasteiger partial charge in [0.1, 0.15) is 0 Å². The van der Waals surface area contributed by atoms with Crippen molar-refractivity contribution in [2.24, 2.45) is 0 Å². The number of halogens is 2. The lowest BCUT2D eigenvalue weighted by Crippen LogP contribution is -2.43. The fourth-order valence-corrected chi connectivity index (χ4v) is 2.70. The highest BCUT2D eigenvalue weighted by atomic mass is 79.9. The molecule has 0 unspecified atom stereocenters. The summed E-state index contributed by atoms with van der Waals surface area (Å²) in [6, 6.07) is 5.63. The molecule has 0 saturated carbocycles. The third-order valence-electron chi connectivity index (χ3n) is 2.59. The average molecular weight is 363 g/mol. The summed E-state index contributed by atoms with van der Waals surface area (Å²) in [6.45, 7) is 6.03. The molecular formula is C13H17Br2NO. The van der Waals surface area contributed by atoms with Crippen molar-refractivity contribution in [2.75, 3.05) is 5.33 Å². The molecule has 1 amide bonds. The van der Waals surface area contributed by atoms with Crippen LogP contribution in [-0.2, 0) is 0 Å². The van der Waals surface area contributed by atoms with E-state index in [1.807, 2.05) is 39.0 Å². The highest BCUT2D eigenvalue weighted by Crippen LogP contribution is 2.18. The van der Waals surface area contributed by atoms with Crippen LogP contribution >= 0.6 is 31.9 Å². The predicted molar refractivity (Wildman–Crippen MR) is 78.8 cm³/mol. The van der Waals surface area contributed by atoms with E-state index in [2.05, 4.69) is 37.2 Å². The Labute approximate surface area is 119 Å². The number of rotatable bonds is 4. The zero-order chi connectivity index (χ0) is 13.1. The third-order valence-corrected chi connectivity index (χ3v) is 3.88. The van der Waals surface area contributed by atoms with Crippen molar-refractivity contribution in [1.82, 2.24) is 5.32 Å². The van der Waals surface area contributed by atoms with Crippen molar-refractivity contribution < 1.29 is 4.79 Å². The van der Waals surface area contributed by atoms with Crippen LogP contribution in [0.1, 0.15) is 36.2 Å². The van der Waals surface area contributed by atoms with Crippen molar-refractivity contribution in [3.63, 3.8) is 0 Å². The second-order valence-electron chi connectivity index (χ2n) is 4.74. The summed E-state index contributed by atoms with van der Waals surface area (Å²) in [7, 11) is 0. The van der Waals surface area contributed by atoms with Gasteiger partial charge < -0.3 is 5.32 Å². The van der Waals surface area contributed by atoms with Crippen molar-refractivity contribution in [2.45, 2.75) is 32.7 Å². The number of amides is 1. The van der Waals surface area contributed by atoms with E-state index in [0.717, 1.165) is 21.8 Å². The minimum absolute atomic E-state index is 0.0217. The Morgan fingerprint density at radius 2 is 2.06 bits per heavy atom. The molecule has 1 aromatic rings. The number of carbonyl (C=O) groups excluding carboxylic acids is 1. The van der Waals surface area contributed by atoms with Crippen LogP contribution in [0.25, 0.3) is 0 Å². The smallest absolute Gasteiger partial charge is 0.251 e. The zero-order valence-corrected chi connectivity index (χ0v) is 13.5. The standard InChI is InChI=1S/C13H17Br2NO/c1-9-8-10(4-5-11(9)15)12(17)16-13(2,3)6-7-14/h4-5,8H,6-7H2,1-3H3,(H,16,17). The number of hydrogen-bond donors (Lipinski definition) is 1. The van der Waals surface area contributed by atoms with Gasteiger partial charge in [0.25, 0.3) is 5.91 Å². The first-order valence-corrected chi connectivity index (χ1v) is 7.42. The van der Waals surface area contributed by atoms with E-state index in [1.54, 1.807) is 0 Å². The Hall–Kier alpha value is -0.350. The molecule has 1 aromatic carbocycles. The largest absolute Gasteiger partial charge is 0.347 e. The summed E-state index contributed by atoms with van der Waals surface area (Å²) in [5, 5.41) is 3.91. The molecule has 1 N–H and O–H groups in total. The lowest BCUT2D eigenvalue weighted by atomic mass is 10.0. The van der Waals surface area contributed by atoms with E-state index in [-0.39, 0.29) is 11.4 Å². The van der Waals surface area contributed by atoms with E-state index < -0.39 is 0 Å². The SMILES string of the molecule is Cc1cc(C(=O)NC(C)(C)CCBr)ccc1Br. The van der Waals surface area contributed by atoms with E-state index in [0.29, 0.717) is 5.56 Å². The van der Waals surface area contributed by atoms with Crippen LogP contribution < -0.4 is 5.32 Å². The van der Waals surface area contributed by atoms with Crippen LogP contribution in [0.3, 0.4) is 0 Å². The molecular weight excluding hydrogens is 346 g/mol. The molecule has 0 fully saturated rings. The van der Waals surface area contributed by atoms with Crippen molar-refractivity contribution in [1.29, 1.82) is 0 Å². The van der Waals surface area contributed by atoms with Gasteiger partial charge in [-0.3, -0.25) is 4.79 Å².